The zero-order chi connectivity index (χ0) is 29.4. The van der Waals surface area contributed by atoms with E-state index in [1.165, 1.54) is 40.7 Å². The van der Waals surface area contributed by atoms with Crippen molar-refractivity contribution in [3.05, 3.63) is 76.9 Å². The van der Waals surface area contributed by atoms with Gasteiger partial charge in [0.2, 0.25) is 0 Å². The second-order valence-corrected chi connectivity index (χ2v) is 55.9. The van der Waals surface area contributed by atoms with E-state index in [0.717, 1.165) is 12.8 Å². The Hall–Kier alpha value is 2.92. The normalized spacial score (nSPS) is 21.1. The Bertz CT molecular complexity index is 953. The predicted octanol–water partition coefficient (Wildman–Crippen LogP) is 12.5. The summed E-state index contributed by atoms with van der Waals surface area (Å²) in [5, 5.41) is 0. The number of rotatable bonds is 0. The topological polar surface area (TPSA) is 18.5 Å². The van der Waals surface area contributed by atoms with Crippen LogP contribution in [0, 0.1) is 0 Å². The van der Waals surface area contributed by atoms with Crippen LogP contribution in [0.1, 0.15) is 90.5 Å². The second-order valence-electron chi connectivity index (χ2n) is 8.75. The van der Waals surface area contributed by atoms with E-state index in [0.29, 0.717) is 9.47 Å². The summed E-state index contributed by atoms with van der Waals surface area (Å²) in [5.74, 6) is -0.461. The Morgan fingerprint density at radius 1 is 0.842 bits per heavy atom. The van der Waals surface area contributed by atoms with E-state index < -0.39 is 5.79 Å². The van der Waals surface area contributed by atoms with Gasteiger partial charge in [-0.2, -0.15) is 0 Å². The van der Waals surface area contributed by atoms with E-state index >= 15 is 0 Å². The van der Waals surface area contributed by atoms with Crippen LogP contribution in [0.15, 0.2) is 54.6 Å². The van der Waals surface area contributed by atoms with Crippen LogP contribution in [0.3, 0.4) is 0 Å². The number of halogens is 5. The van der Waals surface area contributed by atoms with Crippen LogP contribution >= 0.6 is 99.9 Å². The molecule has 0 spiro atoms. The summed E-state index contributed by atoms with van der Waals surface area (Å²) in [4.78, 5) is -0.278. The van der Waals surface area contributed by atoms with E-state index in [9.17, 15) is 0 Å². The molecule has 1 aliphatic heterocycles. The minimum absolute atomic E-state index is 0.192. The molecule has 9 heteroatoms. The van der Waals surface area contributed by atoms with Gasteiger partial charge in [0, 0.05) is 0 Å². The summed E-state index contributed by atoms with van der Waals surface area (Å²) < 4.78 is 12.1. The third-order valence-electron chi connectivity index (χ3n) is 6.03. The zero-order valence-corrected chi connectivity index (χ0v) is 37.3. The molecular formula is C29H42I5O2V2. The quantitative estimate of drug-likeness (QED) is 0.245. The van der Waals surface area contributed by atoms with E-state index in [1.54, 1.807) is 0 Å². The van der Waals surface area contributed by atoms with Crippen molar-refractivity contribution in [3.63, 3.8) is 0 Å². The van der Waals surface area contributed by atoms with Crippen LogP contribution in [0.4, 0.5) is 0 Å². The molecule has 1 fully saturated rings. The zero-order valence-electron chi connectivity index (χ0n) is 23.7. The fourth-order valence-corrected chi connectivity index (χ4v) is 4.80. The molecule has 0 amide bonds. The van der Waals surface area contributed by atoms with E-state index in [1.807, 2.05) is 41.5 Å². The number of ether oxygens (including phenoxy) is 2. The Labute approximate surface area is 299 Å². The first-order chi connectivity index (χ1) is 18.0. The first-order valence-corrected chi connectivity index (χ1v) is 35.5. The Morgan fingerprint density at radius 3 is 1.89 bits per heavy atom. The molecule has 2 nitrogen and oxygen atoms in total. The molecule has 3 aliphatic rings. The number of hydrogen-bond acceptors (Lipinski definition) is 2. The summed E-state index contributed by atoms with van der Waals surface area (Å²) in [6.07, 6.45) is 7.09. The fourth-order valence-electron chi connectivity index (χ4n) is 4.80. The van der Waals surface area contributed by atoms with Gasteiger partial charge >= 0.3 is 114 Å². The molecule has 0 bridgehead atoms. The number of fused-ring (bicyclic) bond motifs is 4. The number of aryl methyl sites for hydroxylation is 2. The molecule has 0 saturated carbocycles. The molecule has 38 heavy (non-hydrogen) atoms. The van der Waals surface area contributed by atoms with Gasteiger partial charge in [0.1, 0.15) is 5.60 Å². The molecule has 2 aromatic rings. The van der Waals surface area contributed by atoms with Crippen molar-refractivity contribution in [2.24, 2.45) is 0 Å². The van der Waals surface area contributed by atoms with E-state index in [-0.39, 0.29) is 16.6 Å². The summed E-state index contributed by atoms with van der Waals surface area (Å²) in [5.41, 5.74) is 6.83. The van der Waals surface area contributed by atoms with E-state index in [4.69, 9.17) is 9.47 Å². The van der Waals surface area contributed by atoms with Crippen molar-refractivity contribution < 1.29 is 23.9 Å². The van der Waals surface area contributed by atoms with Crippen LogP contribution in [-0.2, 0) is 42.3 Å². The van der Waals surface area contributed by atoms with Gasteiger partial charge < -0.3 is 9.47 Å². The summed E-state index contributed by atoms with van der Waals surface area (Å²) in [6.45, 7) is 16.3. The van der Waals surface area contributed by atoms with Gasteiger partial charge in [-0.05, 0) is 81.2 Å². The molecule has 2 aromatic carbocycles. The fraction of sp³-hybridized carbons (Fsp3) is 0.517. The monoisotopic (exact) mass is 1160 g/mol. The minimum atomic E-state index is -0.461. The van der Waals surface area contributed by atoms with Gasteiger partial charge in [0.15, 0.2) is 5.79 Å². The van der Waals surface area contributed by atoms with Crippen LogP contribution in [-0.4, -0.2) is 11.9 Å². The first kappa shape index (κ1) is 40.9. The molecule has 2 unspecified atom stereocenters. The Kier molecular flexibility index (Phi) is 24.2. The van der Waals surface area contributed by atoms with Crippen molar-refractivity contribution >= 4 is 105 Å². The number of hydrogen-bond donors (Lipinski definition) is 0. The van der Waals surface area contributed by atoms with Crippen molar-refractivity contribution in [2.75, 3.05) is 0 Å². The summed E-state index contributed by atoms with van der Waals surface area (Å²) in [7, 11) is 0.628. The average molecular weight is 1160 g/mol. The van der Waals surface area contributed by atoms with Gasteiger partial charge in [0.25, 0.3) is 0 Å². The molecule has 1 heterocycles. The molecular weight excluding hydrogens is 1120 g/mol. The van der Waals surface area contributed by atoms with Gasteiger partial charge in [-0.25, -0.2) is 0 Å². The first-order valence-electron chi connectivity index (χ1n) is 12.9. The summed E-state index contributed by atoms with van der Waals surface area (Å²) >= 11 is 12.1. The predicted molar refractivity (Wildman–Crippen MR) is 203 cm³/mol. The average Bonchev–Trinajstić information content (AvgIpc) is 3.16. The van der Waals surface area contributed by atoms with E-state index in [2.05, 4.69) is 168 Å². The van der Waals surface area contributed by atoms with Gasteiger partial charge in [-0.1, -0.05) is 82.3 Å². The Morgan fingerprint density at radius 2 is 1.34 bits per heavy atom. The molecule has 1 saturated heterocycles. The number of allylic oxidation sites excluding steroid dienone is 2. The van der Waals surface area contributed by atoms with Crippen LogP contribution in [0.2, 0.25) is 0 Å². The van der Waals surface area contributed by atoms with Crippen molar-refractivity contribution in [1.29, 1.82) is 0 Å². The molecule has 5 rings (SSSR count). The van der Waals surface area contributed by atoms with Gasteiger partial charge in [0.05, 0.1) is 6.10 Å². The standard InChI is InChI=1S/C14H18O2.C11H12.2C2H6.5HI.2V/c1-13(2)15-12-9-8-10-6-4-5-7-11(10)14(12,3)16-13;1-9-5-4-7-10-6-2-3-8-11(9)10;2*1-2;;;;;;;/h4-7,12H,8-9H2,1-3H3;2-3,5-6,8H,4,7H2,1H3;2*1-2H3;5*1H;;/q;;;;;;;;;+2;+3/p-5. The van der Waals surface area contributed by atoms with Gasteiger partial charge in [-0.3, -0.25) is 0 Å². The third kappa shape index (κ3) is 14.1. The maximum absolute atomic E-state index is 6.14. The molecule has 0 N–H and O–H groups in total. The van der Waals surface area contributed by atoms with Crippen molar-refractivity contribution in [2.45, 2.75) is 98.6 Å². The second kappa shape index (κ2) is 22.4. The Balaban J connectivity index is 0.000000542. The van der Waals surface area contributed by atoms with Crippen molar-refractivity contribution in [3.8, 4) is 0 Å². The van der Waals surface area contributed by atoms with Crippen molar-refractivity contribution in [1.82, 2.24) is 0 Å². The van der Waals surface area contributed by atoms with Crippen LogP contribution in [0.25, 0.3) is 5.57 Å². The molecule has 2 aliphatic carbocycles. The van der Waals surface area contributed by atoms with Gasteiger partial charge in [-0.15, -0.1) is 0 Å². The molecule has 0 aromatic heterocycles. The van der Waals surface area contributed by atoms with Crippen LogP contribution in [0.5, 0.6) is 0 Å². The molecule has 215 valence electrons. The maximum atomic E-state index is 6.14. The SMILES string of the molecule is CC.CC.CC1(C)OC2CCc3ccccc3C2(C)O1.CC1=CCCc2ccccc21.[I][V]([I])[I].[I][V][I]. The van der Waals surface area contributed by atoms with Crippen LogP contribution < -0.4 is 0 Å². The third-order valence-corrected chi connectivity index (χ3v) is 6.03. The molecule has 2 atom stereocenters. The molecule has 0 radical (unpaired) electrons. The number of benzene rings is 2. The summed E-state index contributed by atoms with van der Waals surface area (Å²) in [6, 6.07) is 17.2.